The maximum absolute atomic E-state index is 4.52. The lowest BCUT2D eigenvalue weighted by Crippen LogP contribution is -3.00. The van der Waals surface area contributed by atoms with E-state index in [0.29, 0.717) is 0 Å². The minimum atomic E-state index is 0. The molecule has 0 aliphatic carbocycles. The standard InChI is InChI=1S/C13H19N3S.ClH/c1-15-7-9-16(10-8-15)14-11-12-3-5-13(17-2)6-4-12;/h3-6,11H,7-10H2,1-2H3;1H/p-1. The van der Waals surface area contributed by atoms with Crippen molar-refractivity contribution in [2.45, 2.75) is 4.90 Å². The molecule has 5 heteroatoms. The molecule has 1 aromatic carbocycles. The molecule has 1 aromatic rings. The smallest absolute Gasteiger partial charge is 0.0542 e. The van der Waals surface area contributed by atoms with Crippen LogP contribution >= 0.6 is 11.8 Å². The minimum Gasteiger partial charge on any atom is -1.00 e. The van der Waals surface area contributed by atoms with Crippen LogP contribution in [-0.4, -0.2) is 55.6 Å². The Balaban J connectivity index is 0.00000162. The van der Waals surface area contributed by atoms with Gasteiger partial charge in [-0.2, -0.15) is 5.10 Å². The van der Waals surface area contributed by atoms with Crippen molar-refractivity contribution >= 4 is 18.0 Å². The fourth-order valence-electron chi connectivity index (χ4n) is 1.75. The number of hydrogen-bond donors (Lipinski definition) is 0. The summed E-state index contributed by atoms with van der Waals surface area (Å²) in [5.74, 6) is 0. The molecule has 0 bridgehead atoms. The molecule has 2 rings (SSSR count). The van der Waals surface area contributed by atoms with Crippen LogP contribution in [0.15, 0.2) is 34.3 Å². The van der Waals surface area contributed by atoms with Crippen LogP contribution in [0.5, 0.6) is 0 Å². The highest BCUT2D eigenvalue weighted by atomic mass is 35.5. The molecule has 0 atom stereocenters. The van der Waals surface area contributed by atoms with E-state index in [9.17, 15) is 0 Å². The summed E-state index contributed by atoms with van der Waals surface area (Å²) in [4.78, 5) is 3.63. The quantitative estimate of drug-likeness (QED) is 0.524. The van der Waals surface area contributed by atoms with Crippen molar-refractivity contribution in [3.8, 4) is 0 Å². The van der Waals surface area contributed by atoms with Gasteiger partial charge in [-0.15, -0.1) is 11.8 Å². The summed E-state index contributed by atoms with van der Waals surface area (Å²) < 4.78 is 0. The average molecular weight is 285 g/mol. The van der Waals surface area contributed by atoms with Gasteiger partial charge in [0.05, 0.1) is 6.21 Å². The molecule has 100 valence electrons. The van der Waals surface area contributed by atoms with Gasteiger partial charge in [0.1, 0.15) is 0 Å². The topological polar surface area (TPSA) is 18.8 Å². The van der Waals surface area contributed by atoms with E-state index in [1.165, 1.54) is 10.5 Å². The third-order valence-electron chi connectivity index (χ3n) is 2.97. The van der Waals surface area contributed by atoms with Crippen LogP contribution in [0, 0.1) is 0 Å². The van der Waals surface area contributed by atoms with E-state index in [2.05, 4.69) is 52.6 Å². The van der Waals surface area contributed by atoms with Gasteiger partial charge in [-0.25, -0.2) is 0 Å². The largest absolute Gasteiger partial charge is 1.00 e. The van der Waals surface area contributed by atoms with E-state index < -0.39 is 0 Å². The van der Waals surface area contributed by atoms with E-state index in [4.69, 9.17) is 0 Å². The molecule has 1 aliphatic heterocycles. The first kappa shape index (κ1) is 15.3. The highest BCUT2D eigenvalue weighted by molar-refractivity contribution is 7.98. The van der Waals surface area contributed by atoms with Crippen molar-refractivity contribution in [3.05, 3.63) is 29.8 Å². The van der Waals surface area contributed by atoms with E-state index >= 15 is 0 Å². The fraction of sp³-hybridized carbons (Fsp3) is 0.462. The first-order valence-electron chi connectivity index (χ1n) is 5.89. The van der Waals surface area contributed by atoms with Crippen LogP contribution in [0.3, 0.4) is 0 Å². The van der Waals surface area contributed by atoms with Crippen LogP contribution in [0.2, 0.25) is 0 Å². The van der Waals surface area contributed by atoms with Crippen LogP contribution in [-0.2, 0) is 0 Å². The van der Waals surface area contributed by atoms with Gasteiger partial charge < -0.3 is 17.3 Å². The lowest BCUT2D eigenvalue weighted by atomic mass is 10.2. The van der Waals surface area contributed by atoms with Crippen molar-refractivity contribution in [2.24, 2.45) is 5.10 Å². The number of rotatable bonds is 3. The van der Waals surface area contributed by atoms with Crippen LogP contribution in [0.25, 0.3) is 0 Å². The second-order valence-corrected chi connectivity index (χ2v) is 5.15. The van der Waals surface area contributed by atoms with Crippen molar-refractivity contribution in [1.29, 1.82) is 0 Å². The third kappa shape index (κ3) is 4.52. The Morgan fingerprint density at radius 1 is 1.11 bits per heavy atom. The molecule has 18 heavy (non-hydrogen) atoms. The highest BCUT2D eigenvalue weighted by Crippen LogP contribution is 2.14. The SMILES string of the molecule is CSc1ccc(C=NN2CCN(C)CC2)cc1.[Cl-]. The number of hydrazone groups is 1. The molecule has 1 fully saturated rings. The molecule has 0 radical (unpaired) electrons. The lowest BCUT2D eigenvalue weighted by molar-refractivity contribution is -0.00000353. The Bertz CT molecular complexity index is 372. The van der Waals surface area contributed by atoms with Crippen molar-refractivity contribution in [2.75, 3.05) is 39.5 Å². The molecular weight excluding hydrogens is 266 g/mol. The number of benzene rings is 1. The van der Waals surface area contributed by atoms with Gasteiger partial charge in [0.25, 0.3) is 0 Å². The summed E-state index contributed by atoms with van der Waals surface area (Å²) in [6.07, 6.45) is 4.04. The van der Waals surface area contributed by atoms with Gasteiger partial charge in [-0.3, -0.25) is 5.01 Å². The van der Waals surface area contributed by atoms with Gasteiger partial charge in [0, 0.05) is 31.1 Å². The lowest BCUT2D eigenvalue weighted by Gasteiger charge is -2.30. The second-order valence-electron chi connectivity index (χ2n) is 4.27. The maximum Gasteiger partial charge on any atom is 0.0542 e. The normalized spacial score (nSPS) is 16.9. The van der Waals surface area contributed by atoms with Gasteiger partial charge >= 0.3 is 0 Å². The zero-order valence-electron chi connectivity index (χ0n) is 10.8. The van der Waals surface area contributed by atoms with E-state index in [1.54, 1.807) is 11.8 Å². The molecule has 0 amide bonds. The number of nitrogens with zero attached hydrogens (tertiary/aromatic N) is 3. The van der Waals surface area contributed by atoms with Gasteiger partial charge in [0.2, 0.25) is 0 Å². The fourth-order valence-corrected chi connectivity index (χ4v) is 2.16. The molecule has 0 unspecified atom stereocenters. The molecule has 1 heterocycles. The zero-order valence-corrected chi connectivity index (χ0v) is 12.4. The third-order valence-corrected chi connectivity index (χ3v) is 3.71. The van der Waals surface area contributed by atoms with E-state index in [0.717, 1.165) is 26.2 Å². The Labute approximate surface area is 120 Å². The van der Waals surface area contributed by atoms with Crippen molar-refractivity contribution < 1.29 is 12.4 Å². The van der Waals surface area contributed by atoms with Crippen LogP contribution in [0.4, 0.5) is 0 Å². The average Bonchev–Trinajstić information content (AvgIpc) is 2.39. The molecule has 3 nitrogen and oxygen atoms in total. The molecule has 0 saturated carbocycles. The number of halogens is 1. The Hall–Kier alpha value is -0.710. The Kier molecular flexibility index (Phi) is 6.54. The first-order valence-corrected chi connectivity index (χ1v) is 7.12. The maximum atomic E-state index is 4.52. The van der Waals surface area contributed by atoms with Gasteiger partial charge in [-0.1, -0.05) is 12.1 Å². The summed E-state index contributed by atoms with van der Waals surface area (Å²) in [6, 6.07) is 8.50. The molecular formula is C13H19ClN3S-. The summed E-state index contributed by atoms with van der Waals surface area (Å²) in [6.45, 7) is 4.25. The Morgan fingerprint density at radius 3 is 2.28 bits per heavy atom. The molecule has 1 saturated heterocycles. The number of thioether (sulfide) groups is 1. The predicted octanol–water partition coefficient (Wildman–Crippen LogP) is -1.01. The summed E-state index contributed by atoms with van der Waals surface area (Å²) in [7, 11) is 2.15. The molecule has 0 N–H and O–H groups in total. The number of likely N-dealkylation sites (N-methyl/N-ethyl adjacent to an activating group) is 1. The van der Waals surface area contributed by atoms with Gasteiger partial charge in [0.15, 0.2) is 0 Å². The summed E-state index contributed by atoms with van der Waals surface area (Å²) >= 11 is 1.76. The van der Waals surface area contributed by atoms with Crippen molar-refractivity contribution in [3.63, 3.8) is 0 Å². The van der Waals surface area contributed by atoms with Crippen LogP contribution < -0.4 is 12.4 Å². The van der Waals surface area contributed by atoms with Crippen LogP contribution in [0.1, 0.15) is 5.56 Å². The van der Waals surface area contributed by atoms with Crippen molar-refractivity contribution in [1.82, 2.24) is 9.91 Å². The number of hydrogen-bond acceptors (Lipinski definition) is 4. The minimum absolute atomic E-state index is 0. The first-order chi connectivity index (χ1) is 8.28. The monoisotopic (exact) mass is 284 g/mol. The highest BCUT2D eigenvalue weighted by Gasteiger charge is 2.10. The van der Waals surface area contributed by atoms with Gasteiger partial charge in [-0.05, 0) is 31.0 Å². The number of piperazine rings is 1. The zero-order chi connectivity index (χ0) is 12.1. The molecule has 0 aromatic heterocycles. The van der Waals surface area contributed by atoms with E-state index in [-0.39, 0.29) is 12.4 Å². The predicted molar refractivity (Wildman–Crippen MR) is 74.9 cm³/mol. The Morgan fingerprint density at radius 2 is 1.72 bits per heavy atom. The summed E-state index contributed by atoms with van der Waals surface area (Å²) in [5.41, 5.74) is 1.17. The molecule has 1 aliphatic rings. The molecule has 0 spiro atoms. The second kappa shape index (κ2) is 7.67. The van der Waals surface area contributed by atoms with E-state index in [1.807, 2.05) is 6.21 Å². The summed E-state index contributed by atoms with van der Waals surface area (Å²) in [5, 5.41) is 6.66.